The monoisotopic (exact) mass is 557 g/mol. The van der Waals surface area contributed by atoms with E-state index in [4.69, 9.17) is 20.9 Å². The molecule has 1 amide bonds. The van der Waals surface area contributed by atoms with Crippen molar-refractivity contribution < 1.29 is 24.5 Å². The van der Waals surface area contributed by atoms with Crippen LogP contribution in [0, 0.1) is 5.92 Å². The van der Waals surface area contributed by atoms with Crippen molar-refractivity contribution in [1.29, 1.82) is 0 Å². The molecule has 9 N–H and O–H groups in total. The minimum atomic E-state index is -0.899. The Bertz CT molecular complexity index is 1690. The summed E-state index contributed by atoms with van der Waals surface area (Å²) in [6.07, 6.45) is -0.170. The van der Waals surface area contributed by atoms with Crippen molar-refractivity contribution in [2.24, 2.45) is 5.92 Å². The SMILES string of the molecule is Nc1nc2c(ncn2[C@H]2C[C@H](CC(=O)NC[C@H]3O[C@@H](n4cnc5c(=O)[nH]c(N)nc54)C[C@@H]3O)[C@@H](CO)O2)c(=O)[nH]1. The molecule has 0 aromatic carbocycles. The number of anilines is 2. The number of amides is 1. The second kappa shape index (κ2) is 9.97. The number of nitrogens with two attached hydrogens (primary N) is 2. The van der Waals surface area contributed by atoms with Crippen LogP contribution in [0.15, 0.2) is 22.2 Å². The van der Waals surface area contributed by atoms with Crippen molar-refractivity contribution in [3.05, 3.63) is 33.4 Å². The van der Waals surface area contributed by atoms with Crippen molar-refractivity contribution in [1.82, 2.24) is 44.4 Å². The summed E-state index contributed by atoms with van der Waals surface area (Å²) in [6, 6.07) is 0. The van der Waals surface area contributed by atoms with Gasteiger partial charge in [-0.1, -0.05) is 0 Å². The third kappa shape index (κ3) is 4.55. The lowest BCUT2D eigenvalue weighted by molar-refractivity contribution is -0.123. The van der Waals surface area contributed by atoms with E-state index in [2.05, 4.69) is 35.2 Å². The van der Waals surface area contributed by atoms with E-state index in [1.165, 1.54) is 17.2 Å². The molecule has 40 heavy (non-hydrogen) atoms. The van der Waals surface area contributed by atoms with Crippen LogP contribution in [0.5, 0.6) is 0 Å². The van der Waals surface area contributed by atoms with Gasteiger partial charge in [0.15, 0.2) is 22.3 Å². The first-order chi connectivity index (χ1) is 19.2. The summed E-state index contributed by atoms with van der Waals surface area (Å²) >= 11 is 0. The lowest BCUT2D eigenvalue weighted by Gasteiger charge is -2.18. The van der Waals surface area contributed by atoms with Gasteiger partial charge in [-0.05, 0) is 6.42 Å². The number of aliphatic hydroxyl groups is 2. The summed E-state index contributed by atoms with van der Waals surface area (Å²) in [5.74, 6) is -0.812. The van der Waals surface area contributed by atoms with Crippen LogP contribution in [-0.4, -0.2) is 86.6 Å². The minimum absolute atomic E-state index is 0.0260. The molecule has 6 heterocycles. The van der Waals surface area contributed by atoms with Crippen LogP contribution in [0.2, 0.25) is 0 Å². The maximum absolute atomic E-state index is 12.8. The molecule has 2 aliphatic heterocycles. The van der Waals surface area contributed by atoms with Gasteiger partial charge in [0.05, 0.1) is 31.5 Å². The summed E-state index contributed by atoms with van der Waals surface area (Å²) in [7, 11) is 0. The van der Waals surface area contributed by atoms with E-state index < -0.39 is 41.9 Å². The molecule has 0 unspecified atom stereocenters. The van der Waals surface area contributed by atoms with Crippen molar-refractivity contribution in [2.75, 3.05) is 24.6 Å². The van der Waals surface area contributed by atoms with Gasteiger partial charge in [0, 0.05) is 25.3 Å². The molecule has 0 radical (unpaired) electrons. The van der Waals surface area contributed by atoms with Crippen LogP contribution in [-0.2, 0) is 14.3 Å². The number of fused-ring (bicyclic) bond motifs is 2. The number of carbonyl (C=O) groups is 1. The molecule has 6 atom stereocenters. The van der Waals surface area contributed by atoms with Crippen LogP contribution in [0.1, 0.15) is 31.7 Å². The molecule has 18 nitrogen and oxygen atoms in total. The molecule has 0 saturated carbocycles. The highest BCUT2D eigenvalue weighted by atomic mass is 16.5. The van der Waals surface area contributed by atoms with Gasteiger partial charge in [0.2, 0.25) is 17.8 Å². The molecule has 212 valence electrons. The molecular weight excluding hydrogens is 530 g/mol. The fourth-order valence-corrected chi connectivity index (χ4v) is 5.27. The Labute approximate surface area is 223 Å². The molecule has 2 saturated heterocycles. The van der Waals surface area contributed by atoms with Crippen molar-refractivity contribution in [3.8, 4) is 0 Å². The second-order valence-electron chi connectivity index (χ2n) is 9.80. The Morgan fingerprint density at radius 2 is 1.52 bits per heavy atom. The summed E-state index contributed by atoms with van der Waals surface area (Å²) < 4.78 is 15.0. The number of aromatic nitrogens is 8. The van der Waals surface area contributed by atoms with Gasteiger partial charge in [-0.2, -0.15) is 9.97 Å². The predicted octanol–water partition coefficient (Wildman–Crippen LogP) is -2.53. The minimum Gasteiger partial charge on any atom is -0.394 e. The number of aromatic amines is 2. The Morgan fingerprint density at radius 1 is 0.975 bits per heavy atom. The summed E-state index contributed by atoms with van der Waals surface area (Å²) in [6.45, 7) is -0.290. The molecule has 2 aliphatic rings. The van der Waals surface area contributed by atoms with Gasteiger partial charge in [-0.15, -0.1) is 0 Å². The highest BCUT2D eigenvalue weighted by molar-refractivity contribution is 5.76. The summed E-state index contributed by atoms with van der Waals surface area (Å²) in [4.78, 5) is 58.1. The number of nitrogen functional groups attached to an aromatic ring is 2. The van der Waals surface area contributed by atoms with Gasteiger partial charge in [0.1, 0.15) is 18.6 Å². The van der Waals surface area contributed by atoms with E-state index >= 15 is 0 Å². The largest absolute Gasteiger partial charge is 0.394 e. The Morgan fingerprint density at radius 3 is 2.10 bits per heavy atom. The van der Waals surface area contributed by atoms with Crippen molar-refractivity contribution in [2.45, 2.75) is 50.0 Å². The zero-order chi connectivity index (χ0) is 28.1. The highest BCUT2D eigenvalue weighted by Gasteiger charge is 2.39. The number of rotatable bonds is 7. The van der Waals surface area contributed by atoms with Crippen LogP contribution in [0.3, 0.4) is 0 Å². The molecule has 0 spiro atoms. The van der Waals surface area contributed by atoms with E-state index in [-0.39, 0.29) is 72.0 Å². The van der Waals surface area contributed by atoms with E-state index in [0.717, 1.165) is 0 Å². The average Bonchev–Trinajstić information content (AvgIpc) is 3.67. The van der Waals surface area contributed by atoms with E-state index in [9.17, 15) is 24.6 Å². The van der Waals surface area contributed by atoms with Crippen LogP contribution in [0.4, 0.5) is 11.9 Å². The van der Waals surface area contributed by atoms with Gasteiger partial charge >= 0.3 is 0 Å². The topological polar surface area (TPSA) is 267 Å². The van der Waals surface area contributed by atoms with Crippen molar-refractivity contribution in [3.63, 3.8) is 0 Å². The standard InChI is InChI=1S/C22H27N11O7/c23-21-28-17-15(19(37)30-21)26-6-32(17)13-2-8(11(5-34)40-13)1-12(36)25-4-10-9(35)3-14(39-10)33-7-27-16-18(33)29-22(24)31-20(16)38/h6-11,13-14,34-35H,1-5H2,(H,25,36)(H3,23,28,30,37)(H3,24,29,31,38)/t8-,9-,10+,11+,13+,14+/m0/s1. The number of imidazole rings is 2. The number of aliphatic hydroxyl groups excluding tert-OH is 2. The molecule has 0 aliphatic carbocycles. The van der Waals surface area contributed by atoms with Gasteiger partial charge in [-0.25, -0.2) is 9.97 Å². The Balaban J connectivity index is 1.08. The fourth-order valence-electron chi connectivity index (χ4n) is 5.27. The fraction of sp³-hybridized carbons (Fsp3) is 0.500. The lowest BCUT2D eigenvalue weighted by atomic mass is 9.96. The first kappa shape index (κ1) is 25.9. The average molecular weight is 558 g/mol. The molecule has 18 heteroatoms. The first-order valence-corrected chi connectivity index (χ1v) is 12.5. The zero-order valence-electron chi connectivity index (χ0n) is 20.9. The number of nitrogens with one attached hydrogen (secondary N) is 3. The molecule has 4 aromatic rings. The Hall–Kier alpha value is -4.39. The predicted molar refractivity (Wildman–Crippen MR) is 136 cm³/mol. The molecule has 2 fully saturated rings. The highest BCUT2D eigenvalue weighted by Crippen LogP contribution is 2.36. The number of ether oxygens (including phenoxy) is 2. The van der Waals surface area contributed by atoms with Gasteiger partial charge in [-0.3, -0.25) is 33.5 Å². The molecule has 6 rings (SSSR count). The van der Waals surface area contributed by atoms with E-state index in [1.54, 1.807) is 4.57 Å². The number of nitrogens with zero attached hydrogens (tertiary/aromatic N) is 6. The lowest BCUT2D eigenvalue weighted by Crippen LogP contribution is -2.38. The first-order valence-electron chi connectivity index (χ1n) is 12.5. The van der Waals surface area contributed by atoms with Gasteiger partial charge in [0.25, 0.3) is 11.1 Å². The van der Waals surface area contributed by atoms with Gasteiger partial charge < -0.3 is 36.5 Å². The smallest absolute Gasteiger partial charge is 0.280 e. The summed E-state index contributed by atoms with van der Waals surface area (Å²) in [5, 5.41) is 23.2. The number of carbonyl (C=O) groups excluding carboxylic acids is 1. The number of hydrogen-bond donors (Lipinski definition) is 7. The zero-order valence-corrected chi connectivity index (χ0v) is 20.9. The normalized spacial score (nSPS) is 26.6. The Kier molecular flexibility index (Phi) is 6.45. The molecule has 0 bridgehead atoms. The molecular formula is C22H27N11O7. The number of H-pyrrole nitrogens is 2. The summed E-state index contributed by atoms with van der Waals surface area (Å²) in [5.41, 5.74) is 11.0. The van der Waals surface area contributed by atoms with Crippen LogP contribution in [0.25, 0.3) is 22.3 Å². The van der Waals surface area contributed by atoms with Crippen LogP contribution < -0.4 is 27.9 Å². The van der Waals surface area contributed by atoms with E-state index in [1.807, 2.05) is 0 Å². The second-order valence-corrected chi connectivity index (χ2v) is 9.80. The maximum atomic E-state index is 12.8. The third-order valence-corrected chi connectivity index (χ3v) is 7.22. The van der Waals surface area contributed by atoms with Crippen molar-refractivity contribution >= 4 is 40.1 Å². The quantitative estimate of drug-likeness (QED) is 0.124. The third-order valence-electron chi connectivity index (χ3n) is 7.22. The van der Waals surface area contributed by atoms with Crippen LogP contribution >= 0.6 is 0 Å². The maximum Gasteiger partial charge on any atom is 0.280 e. The number of hydrogen-bond acceptors (Lipinski definition) is 13. The van der Waals surface area contributed by atoms with E-state index in [0.29, 0.717) is 6.42 Å². The molecule has 4 aromatic heterocycles.